The van der Waals surface area contributed by atoms with E-state index in [1.165, 1.54) is 35.0 Å². The molecule has 1 saturated carbocycles. The van der Waals surface area contributed by atoms with Crippen molar-refractivity contribution >= 4 is 10.9 Å². The van der Waals surface area contributed by atoms with E-state index in [1.807, 2.05) is 6.20 Å². The van der Waals surface area contributed by atoms with Crippen molar-refractivity contribution in [1.29, 1.82) is 0 Å². The van der Waals surface area contributed by atoms with Gasteiger partial charge in [0.1, 0.15) is 5.82 Å². The predicted molar refractivity (Wildman–Crippen MR) is 80.5 cm³/mol. The van der Waals surface area contributed by atoms with Gasteiger partial charge in [-0.15, -0.1) is 0 Å². The van der Waals surface area contributed by atoms with Crippen LogP contribution in [0.2, 0.25) is 0 Å². The first-order valence-corrected chi connectivity index (χ1v) is 7.16. The third-order valence-corrected chi connectivity index (χ3v) is 3.93. The summed E-state index contributed by atoms with van der Waals surface area (Å²) in [4.78, 5) is 11.4. The fourth-order valence-electron chi connectivity index (χ4n) is 2.73. The first-order chi connectivity index (χ1) is 9.81. The maximum Gasteiger partial charge on any atom is 0.120 e. The molecule has 1 aromatic carbocycles. The quantitative estimate of drug-likeness (QED) is 0.679. The minimum atomic E-state index is 0.707. The molecule has 20 heavy (non-hydrogen) atoms. The average molecular weight is 266 g/mol. The van der Waals surface area contributed by atoms with Crippen LogP contribution in [0.15, 0.2) is 30.5 Å². The van der Waals surface area contributed by atoms with Gasteiger partial charge in [0.25, 0.3) is 0 Å². The topological polar surface area (TPSA) is 56.5 Å². The molecule has 4 heteroatoms. The minimum Gasteiger partial charge on any atom is -0.358 e. The van der Waals surface area contributed by atoms with E-state index in [0.717, 1.165) is 18.1 Å². The van der Waals surface area contributed by atoms with Crippen molar-refractivity contribution in [1.82, 2.24) is 20.3 Å². The number of aromatic nitrogens is 3. The van der Waals surface area contributed by atoms with Crippen molar-refractivity contribution in [2.24, 2.45) is 0 Å². The van der Waals surface area contributed by atoms with Crippen LogP contribution in [0.25, 0.3) is 22.2 Å². The van der Waals surface area contributed by atoms with Gasteiger partial charge >= 0.3 is 0 Å². The standard InChI is InChI=1S/C16H18N4/c1-10-16(12-4-2-3-5-13(12)19-10)14-8-18-15(20-14)9-17-11-6-7-11/h2-5,8,11,17,19H,6-7,9H2,1H3,(H,18,20). The maximum absolute atomic E-state index is 4.49. The second-order valence-corrected chi connectivity index (χ2v) is 5.57. The highest BCUT2D eigenvalue weighted by Gasteiger charge is 2.20. The molecule has 102 valence electrons. The van der Waals surface area contributed by atoms with Gasteiger partial charge in [0, 0.05) is 28.2 Å². The Morgan fingerprint density at radius 1 is 1.25 bits per heavy atom. The highest BCUT2D eigenvalue weighted by atomic mass is 15.0. The molecular weight excluding hydrogens is 248 g/mol. The zero-order chi connectivity index (χ0) is 13.5. The van der Waals surface area contributed by atoms with Gasteiger partial charge in [0.2, 0.25) is 0 Å². The molecule has 0 unspecified atom stereocenters. The lowest BCUT2D eigenvalue weighted by molar-refractivity contribution is 0.664. The van der Waals surface area contributed by atoms with Crippen molar-refractivity contribution in [2.75, 3.05) is 0 Å². The number of benzene rings is 1. The van der Waals surface area contributed by atoms with Gasteiger partial charge in [-0.05, 0) is 25.8 Å². The van der Waals surface area contributed by atoms with Gasteiger partial charge in [-0.1, -0.05) is 18.2 Å². The SMILES string of the molecule is Cc1[nH]c2ccccc2c1-c1cnc(CNC2CC2)[nH]1. The second kappa shape index (κ2) is 4.49. The van der Waals surface area contributed by atoms with E-state index >= 15 is 0 Å². The van der Waals surface area contributed by atoms with Crippen LogP contribution in [0.3, 0.4) is 0 Å². The minimum absolute atomic E-state index is 0.707. The van der Waals surface area contributed by atoms with Crippen LogP contribution in [-0.4, -0.2) is 21.0 Å². The number of para-hydroxylation sites is 1. The number of hydrogen-bond donors (Lipinski definition) is 3. The van der Waals surface area contributed by atoms with E-state index < -0.39 is 0 Å². The number of aromatic amines is 2. The Bertz CT molecular complexity index is 749. The lowest BCUT2D eigenvalue weighted by Gasteiger charge is -1.99. The number of fused-ring (bicyclic) bond motifs is 1. The number of hydrogen-bond acceptors (Lipinski definition) is 2. The fraction of sp³-hybridized carbons (Fsp3) is 0.312. The van der Waals surface area contributed by atoms with E-state index in [0.29, 0.717) is 6.04 Å². The Hall–Kier alpha value is -2.07. The number of nitrogens with zero attached hydrogens (tertiary/aromatic N) is 1. The van der Waals surface area contributed by atoms with Crippen LogP contribution in [-0.2, 0) is 6.54 Å². The normalized spacial score (nSPS) is 15.1. The monoisotopic (exact) mass is 266 g/mol. The number of rotatable bonds is 4. The number of nitrogens with one attached hydrogen (secondary N) is 3. The molecule has 0 saturated heterocycles. The Morgan fingerprint density at radius 2 is 2.10 bits per heavy atom. The number of H-pyrrole nitrogens is 2. The van der Waals surface area contributed by atoms with Crippen LogP contribution >= 0.6 is 0 Å². The van der Waals surface area contributed by atoms with Gasteiger partial charge < -0.3 is 15.3 Å². The molecule has 3 aromatic rings. The summed E-state index contributed by atoms with van der Waals surface area (Å²) >= 11 is 0. The average Bonchev–Trinajstić information content (AvgIpc) is 3.06. The summed E-state index contributed by atoms with van der Waals surface area (Å²) in [6.45, 7) is 2.93. The Balaban J connectivity index is 1.69. The highest BCUT2D eigenvalue weighted by molar-refractivity contribution is 5.96. The Labute approximate surface area is 117 Å². The summed E-state index contributed by atoms with van der Waals surface area (Å²) in [6.07, 6.45) is 4.54. The molecule has 0 atom stereocenters. The zero-order valence-electron chi connectivity index (χ0n) is 11.5. The van der Waals surface area contributed by atoms with Crippen molar-refractivity contribution < 1.29 is 0 Å². The smallest absolute Gasteiger partial charge is 0.120 e. The molecule has 2 aromatic heterocycles. The van der Waals surface area contributed by atoms with E-state index in [9.17, 15) is 0 Å². The molecule has 2 heterocycles. The third-order valence-electron chi connectivity index (χ3n) is 3.93. The van der Waals surface area contributed by atoms with Crippen LogP contribution in [0.4, 0.5) is 0 Å². The molecule has 4 nitrogen and oxygen atoms in total. The van der Waals surface area contributed by atoms with Gasteiger partial charge in [0.15, 0.2) is 0 Å². The molecule has 0 spiro atoms. The van der Waals surface area contributed by atoms with E-state index in [1.54, 1.807) is 0 Å². The zero-order valence-corrected chi connectivity index (χ0v) is 11.5. The van der Waals surface area contributed by atoms with E-state index in [2.05, 4.69) is 51.5 Å². The summed E-state index contributed by atoms with van der Waals surface area (Å²) in [7, 11) is 0. The first-order valence-electron chi connectivity index (χ1n) is 7.16. The van der Waals surface area contributed by atoms with Crippen LogP contribution < -0.4 is 5.32 Å². The molecule has 1 fully saturated rings. The molecule has 4 rings (SSSR count). The van der Waals surface area contributed by atoms with Gasteiger partial charge in [-0.2, -0.15) is 0 Å². The molecule has 0 radical (unpaired) electrons. The first kappa shape index (κ1) is 11.7. The summed E-state index contributed by atoms with van der Waals surface area (Å²) in [5, 5.41) is 4.73. The second-order valence-electron chi connectivity index (χ2n) is 5.57. The Kier molecular flexibility index (Phi) is 2.63. The van der Waals surface area contributed by atoms with Crippen molar-refractivity contribution in [3.05, 3.63) is 42.0 Å². The summed E-state index contributed by atoms with van der Waals surface area (Å²) < 4.78 is 0. The van der Waals surface area contributed by atoms with Crippen molar-refractivity contribution in [3.8, 4) is 11.3 Å². The predicted octanol–water partition coefficient (Wildman–Crippen LogP) is 3.12. The largest absolute Gasteiger partial charge is 0.358 e. The molecule has 0 amide bonds. The van der Waals surface area contributed by atoms with Crippen molar-refractivity contribution in [2.45, 2.75) is 32.4 Å². The van der Waals surface area contributed by atoms with Gasteiger partial charge in [0.05, 0.1) is 18.4 Å². The van der Waals surface area contributed by atoms with Crippen LogP contribution in [0.1, 0.15) is 24.4 Å². The third kappa shape index (κ3) is 2.02. The maximum atomic E-state index is 4.49. The molecule has 0 aliphatic heterocycles. The lowest BCUT2D eigenvalue weighted by atomic mass is 10.1. The van der Waals surface area contributed by atoms with Gasteiger partial charge in [-0.3, -0.25) is 0 Å². The molecule has 0 bridgehead atoms. The molecule has 1 aliphatic rings. The summed E-state index contributed by atoms with van der Waals surface area (Å²) in [6, 6.07) is 9.10. The number of aryl methyl sites for hydroxylation is 1. The van der Waals surface area contributed by atoms with Crippen molar-refractivity contribution in [3.63, 3.8) is 0 Å². The lowest BCUT2D eigenvalue weighted by Crippen LogP contribution is -2.16. The van der Waals surface area contributed by atoms with Gasteiger partial charge in [-0.25, -0.2) is 4.98 Å². The number of imidazole rings is 1. The van der Waals surface area contributed by atoms with E-state index in [4.69, 9.17) is 0 Å². The molecule has 3 N–H and O–H groups in total. The molecule has 1 aliphatic carbocycles. The summed E-state index contributed by atoms with van der Waals surface area (Å²) in [5.74, 6) is 1.01. The summed E-state index contributed by atoms with van der Waals surface area (Å²) in [5.41, 5.74) is 4.67. The Morgan fingerprint density at radius 3 is 2.95 bits per heavy atom. The van der Waals surface area contributed by atoms with Crippen LogP contribution in [0, 0.1) is 6.92 Å². The molecular formula is C16H18N4. The van der Waals surface area contributed by atoms with E-state index in [-0.39, 0.29) is 0 Å². The fourth-order valence-corrected chi connectivity index (χ4v) is 2.73. The van der Waals surface area contributed by atoms with Crippen LogP contribution in [0.5, 0.6) is 0 Å². The highest BCUT2D eigenvalue weighted by Crippen LogP contribution is 2.30.